The van der Waals surface area contributed by atoms with E-state index in [4.69, 9.17) is 26.8 Å². The van der Waals surface area contributed by atoms with Crippen molar-refractivity contribution < 1.29 is 14.3 Å². The Kier molecular flexibility index (Phi) is 5.49. The number of halogens is 1. The maximum atomic E-state index is 13.4. The minimum atomic E-state index is -0.0925. The molecule has 3 aromatic rings. The number of methoxy groups -OCH3 is 1. The van der Waals surface area contributed by atoms with E-state index < -0.39 is 0 Å². The van der Waals surface area contributed by atoms with Crippen molar-refractivity contribution in [3.63, 3.8) is 0 Å². The summed E-state index contributed by atoms with van der Waals surface area (Å²) in [6, 6.07) is 9.02. The number of nitrogens with zero attached hydrogens (tertiary/aromatic N) is 3. The van der Waals surface area contributed by atoms with E-state index in [0.29, 0.717) is 42.6 Å². The van der Waals surface area contributed by atoms with Gasteiger partial charge in [0, 0.05) is 22.6 Å². The van der Waals surface area contributed by atoms with E-state index in [1.807, 2.05) is 32.0 Å². The van der Waals surface area contributed by atoms with Crippen LogP contribution >= 0.6 is 11.6 Å². The molecule has 0 saturated carbocycles. The highest BCUT2D eigenvalue weighted by Crippen LogP contribution is 2.32. The summed E-state index contributed by atoms with van der Waals surface area (Å²) in [6.07, 6.45) is 0. The first-order valence-corrected chi connectivity index (χ1v) is 10.1. The molecule has 0 radical (unpaired) electrons. The zero-order valence-corrected chi connectivity index (χ0v) is 17.9. The molecule has 2 aromatic heterocycles. The summed E-state index contributed by atoms with van der Waals surface area (Å²) >= 11 is 6.15. The zero-order valence-electron chi connectivity index (χ0n) is 17.1. The number of fused-ring (bicyclic) bond motifs is 3. The zero-order chi connectivity index (χ0) is 21.4. The van der Waals surface area contributed by atoms with Crippen LogP contribution in [0.25, 0.3) is 10.9 Å². The van der Waals surface area contributed by atoms with Gasteiger partial charge in [-0.1, -0.05) is 11.6 Å². The van der Waals surface area contributed by atoms with Crippen LogP contribution in [-0.2, 0) is 24.5 Å². The lowest BCUT2D eigenvalue weighted by Crippen LogP contribution is -2.36. The number of nitrogen functional groups attached to an aromatic ring is 1. The molecule has 0 unspecified atom stereocenters. The molecule has 8 heteroatoms. The van der Waals surface area contributed by atoms with Crippen LogP contribution in [0.2, 0.25) is 5.15 Å². The number of nitrogens with two attached hydrogens (primary N) is 1. The Bertz CT molecular complexity index is 1130. The van der Waals surface area contributed by atoms with Crippen LogP contribution < -0.4 is 10.5 Å². The Balaban J connectivity index is 1.68. The van der Waals surface area contributed by atoms with E-state index in [2.05, 4.69) is 9.97 Å². The van der Waals surface area contributed by atoms with E-state index in [1.165, 1.54) is 7.11 Å². The van der Waals surface area contributed by atoms with Gasteiger partial charge in [0.2, 0.25) is 0 Å². The molecular formula is C22H23ClN4O3. The van der Waals surface area contributed by atoms with Crippen molar-refractivity contribution in [2.24, 2.45) is 0 Å². The Labute approximate surface area is 179 Å². The number of benzene rings is 1. The van der Waals surface area contributed by atoms with Gasteiger partial charge in [0.05, 0.1) is 38.1 Å². The largest absolute Gasteiger partial charge is 0.494 e. The van der Waals surface area contributed by atoms with Crippen LogP contribution in [0.1, 0.15) is 41.0 Å². The van der Waals surface area contributed by atoms with Crippen molar-refractivity contribution in [1.29, 1.82) is 0 Å². The lowest BCUT2D eigenvalue weighted by Gasteiger charge is -2.27. The second kappa shape index (κ2) is 8.08. The topological polar surface area (TPSA) is 90.6 Å². The molecule has 4 rings (SSSR count). The fourth-order valence-corrected chi connectivity index (χ4v) is 3.88. The summed E-state index contributed by atoms with van der Waals surface area (Å²) in [5, 5.41) is 1.17. The molecule has 0 saturated heterocycles. The molecule has 0 spiro atoms. The van der Waals surface area contributed by atoms with E-state index in [9.17, 15) is 4.79 Å². The summed E-state index contributed by atoms with van der Waals surface area (Å²) in [4.78, 5) is 23.9. The van der Waals surface area contributed by atoms with Crippen LogP contribution in [0.4, 0.5) is 5.82 Å². The minimum Gasteiger partial charge on any atom is -0.494 e. The quantitative estimate of drug-likeness (QED) is 0.621. The molecule has 1 amide bonds. The predicted octanol–water partition coefficient (Wildman–Crippen LogP) is 3.96. The number of pyridine rings is 2. The number of hydrogen-bond acceptors (Lipinski definition) is 6. The van der Waals surface area contributed by atoms with Crippen LogP contribution in [0.5, 0.6) is 5.75 Å². The average molecular weight is 427 g/mol. The molecule has 3 heterocycles. The molecule has 7 nitrogen and oxygen atoms in total. The van der Waals surface area contributed by atoms with Gasteiger partial charge in [-0.05, 0) is 49.7 Å². The lowest BCUT2D eigenvalue weighted by molar-refractivity contribution is 0.0688. The molecule has 0 atom stereocenters. The van der Waals surface area contributed by atoms with Gasteiger partial charge in [0.25, 0.3) is 5.91 Å². The molecule has 0 aliphatic carbocycles. The molecule has 1 aromatic carbocycles. The molecule has 1 aliphatic rings. The number of carbonyl (C=O) groups excluding carboxylic acids is 1. The second-order valence-corrected chi connectivity index (χ2v) is 7.86. The first-order chi connectivity index (χ1) is 14.4. The third-order valence-electron chi connectivity index (χ3n) is 5.28. The van der Waals surface area contributed by atoms with Gasteiger partial charge in [-0.2, -0.15) is 0 Å². The minimum absolute atomic E-state index is 0.0329. The van der Waals surface area contributed by atoms with Crippen molar-refractivity contribution in [2.75, 3.05) is 12.8 Å². The monoisotopic (exact) mass is 426 g/mol. The van der Waals surface area contributed by atoms with Crippen LogP contribution in [0, 0.1) is 0 Å². The third-order valence-corrected chi connectivity index (χ3v) is 5.56. The van der Waals surface area contributed by atoms with Crippen molar-refractivity contribution in [2.45, 2.75) is 39.6 Å². The summed E-state index contributed by atoms with van der Waals surface area (Å²) in [6.45, 7) is 5.19. The van der Waals surface area contributed by atoms with Gasteiger partial charge < -0.3 is 20.1 Å². The van der Waals surface area contributed by atoms with Gasteiger partial charge >= 0.3 is 0 Å². The van der Waals surface area contributed by atoms with Gasteiger partial charge in [-0.3, -0.25) is 4.79 Å². The fraction of sp³-hybridized carbons (Fsp3) is 0.318. The first kappa shape index (κ1) is 20.4. The average Bonchev–Trinajstić information content (AvgIpc) is 3.22. The maximum Gasteiger partial charge on any atom is 0.254 e. The number of aromatic nitrogens is 2. The number of hydrogen-bond donors (Lipinski definition) is 1. The van der Waals surface area contributed by atoms with Crippen molar-refractivity contribution >= 4 is 34.2 Å². The smallest absolute Gasteiger partial charge is 0.254 e. The molecule has 156 valence electrons. The van der Waals surface area contributed by atoms with E-state index in [-0.39, 0.29) is 17.1 Å². The van der Waals surface area contributed by atoms with Gasteiger partial charge in [-0.25, -0.2) is 9.97 Å². The first-order valence-electron chi connectivity index (χ1n) is 9.68. The Morgan fingerprint density at radius 3 is 2.70 bits per heavy atom. The predicted molar refractivity (Wildman–Crippen MR) is 115 cm³/mol. The molecule has 0 fully saturated rings. The lowest BCUT2D eigenvalue weighted by atomic mass is 10.0. The maximum absolute atomic E-state index is 13.4. The highest BCUT2D eigenvalue weighted by molar-refractivity contribution is 6.30. The summed E-state index contributed by atoms with van der Waals surface area (Å²) in [5.41, 5.74) is 9.99. The van der Waals surface area contributed by atoms with Gasteiger partial charge in [0.15, 0.2) is 10.9 Å². The number of rotatable bonds is 5. The third kappa shape index (κ3) is 3.66. The van der Waals surface area contributed by atoms with E-state index in [0.717, 1.165) is 22.0 Å². The van der Waals surface area contributed by atoms with Crippen LogP contribution in [0.15, 0.2) is 30.3 Å². The number of anilines is 1. The SMILES string of the molecule is COc1ccc(CN(C(=O)c2ccc3nc(N)c4c(c3c2)COC4)C(C)C)nc1Cl. The second-order valence-electron chi connectivity index (χ2n) is 7.50. The standard InChI is InChI=1S/C22H23ClN4O3/c1-12(2)27(9-14-5-7-19(29-3)20(23)25-14)22(28)13-4-6-18-15(8-13)16-10-30-11-17(16)21(24)26-18/h4-8,12H,9-11H2,1-3H3,(H2,24,26). The highest BCUT2D eigenvalue weighted by Gasteiger charge is 2.23. The number of ether oxygens (including phenoxy) is 2. The number of amides is 1. The summed E-state index contributed by atoms with van der Waals surface area (Å²) in [5.74, 6) is 0.894. The van der Waals surface area contributed by atoms with Crippen molar-refractivity contribution in [3.8, 4) is 5.75 Å². The normalized spacial score (nSPS) is 13.0. The molecular weight excluding hydrogens is 404 g/mol. The van der Waals surface area contributed by atoms with Crippen LogP contribution in [0.3, 0.4) is 0 Å². The van der Waals surface area contributed by atoms with Crippen LogP contribution in [-0.4, -0.2) is 33.9 Å². The van der Waals surface area contributed by atoms with Gasteiger partial charge in [-0.15, -0.1) is 0 Å². The molecule has 2 N–H and O–H groups in total. The summed E-state index contributed by atoms with van der Waals surface area (Å²) in [7, 11) is 1.54. The summed E-state index contributed by atoms with van der Waals surface area (Å²) < 4.78 is 10.7. The fourth-order valence-electron chi connectivity index (χ4n) is 3.63. The molecule has 1 aliphatic heterocycles. The van der Waals surface area contributed by atoms with Crippen molar-refractivity contribution in [3.05, 3.63) is 57.9 Å². The Morgan fingerprint density at radius 2 is 2.00 bits per heavy atom. The Morgan fingerprint density at radius 1 is 1.23 bits per heavy atom. The number of carbonyl (C=O) groups is 1. The van der Waals surface area contributed by atoms with E-state index >= 15 is 0 Å². The highest BCUT2D eigenvalue weighted by atomic mass is 35.5. The molecule has 30 heavy (non-hydrogen) atoms. The molecule has 0 bridgehead atoms. The Hall–Kier alpha value is -2.90. The van der Waals surface area contributed by atoms with Gasteiger partial charge in [0.1, 0.15) is 5.82 Å². The van der Waals surface area contributed by atoms with E-state index in [1.54, 1.807) is 17.0 Å². The van der Waals surface area contributed by atoms with Crippen molar-refractivity contribution in [1.82, 2.24) is 14.9 Å².